The lowest BCUT2D eigenvalue weighted by atomic mass is 10.1. The zero-order valence-electron chi connectivity index (χ0n) is 12.2. The summed E-state index contributed by atoms with van der Waals surface area (Å²) in [6.45, 7) is 3.87. The fraction of sp³-hybridized carbons (Fsp3) is 0.562. The van der Waals surface area contributed by atoms with Gasteiger partial charge in [0.2, 0.25) is 0 Å². The van der Waals surface area contributed by atoms with Crippen molar-refractivity contribution in [2.24, 2.45) is 0 Å². The molecule has 3 rings (SSSR count). The predicted molar refractivity (Wildman–Crippen MR) is 80.8 cm³/mol. The van der Waals surface area contributed by atoms with Gasteiger partial charge in [0.15, 0.2) is 0 Å². The summed E-state index contributed by atoms with van der Waals surface area (Å²) in [6, 6.07) is 6.38. The average Bonchev–Trinajstić information content (AvgIpc) is 2.66. The molecule has 2 saturated heterocycles. The first-order valence-corrected chi connectivity index (χ1v) is 7.78. The molecule has 4 nitrogen and oxygen atoms in total. The largest absolute Gasteiger partial charge is 0.321 e. The van der Waals surface area contributed by atoms with E-state index in [4.69, 9.17) is 0 Å². The fourth-order valence-electron chi connectivity index (χ4n) is 3.08. The first-order valence-electron chi connectivity index (χ1n) is 7.78. The minimum atomic E-state index is -0.334. The van der Waals surface area contributed by atoms with E-state index in [1.165, 1.54) is 37.8 Å². The summed E-state index contributed by atoms with van der Waals surface area (Å²) in [5, 5.41) is 2.75. The number of halogens is 1. The summed E-state index contributed by atoms with van der Waals surface area (Å²) in [6.07, 6.45) is 5.19. The molecule has 0 bridgehead atoms. The molecule has 1 N–H and O–H groups in total. The lowest BCUT2D eigenvalue weighted by molar-refractivity contribution is 0.0638. The molecule has 2 aliphatic heterocycles. The Bertz CT molecular complexity index is 494. The maximum Gasteiger partial charge on any atom is 0.321 e. The van der Waals surface area contributed by atoms with Crippen LogP contribution in [-0.4, -0.2) is 48.1 Å². The molecule has 114 valence electrons. The first-order chi connectivity index (χ1) is 10.2. The molecule has 0 spiro atoms. The van der Waals surface area contributed by atoms with E-state index >= 15 is 0 Å². The second-order valence-electron chi connectivity index (χ2n) is 5.95. The van der Waals surface area contributed by atoms with Crippen molar-refractivity contribution >= 4 is 11.7 Å². The molecule has 2 heterocycles. The standard InChI is InChI=1S/C16H22FN3O/c17-13-6-5-7-14(10-13)18-16(21)20-11-15(12-20)19-8-3-1-2-4-9-19/h5-7,10,15H,1-4,8-9,11-12H2,(H,18,21). The molecule has 0 radical (unpaired) electrons. The van der Waals surface area contributed by atoms with Crippen LogP contribution in [0.3, 0.4) is 0 Å². The molecular formula is C16H22FN3O. The number of anilines is 1. The maximum atomic E-state index is 13.1. The number of likely N-dealkylation sites (tertiary alicyclic amines) is 2. The molecule has 0 aliphatic carbocycles. The van der Waals surface area contributed by atoms with Crippen LogP contribution in [0.15, 0.2) is 24.3 Å². The second kappa shape index (κ2) is 6.43. The summed E-state index contributed by atoms with van der Waals surface area (Å²) in [5.74, 6) is -0.334. The normalized spacial score (nSPS) is 20.7. The summed E-state index contributed by atoms with van der Waals surface area (Å²) in [4.78, 5) is 16.4. The Morgan fingerprint density at radius 2 is 1.86 bits per heavy atom. The van der Waals surface area contributed by atoms with Gasteiger partial charge in [-0.3, -0.25) is 4.90 Å². The Morgan fingerprint density at radius 3 is 2.52 bits per heavy atom. The molecule has 0 unspecified atom stereocenters. The molecule has 2 amide bonds. The number of hydrogen-bond acceptors (Lipinski definition) is 2. The third kappa shape index (κ3) is 3.53. The van der Waals surface area contributed by atoms with Gasteiger partial charge in [-0.2, -0.15) is 0 Å². The van der Waals surface area contributed by atoms with Crippen molar-refractivity contribution in [2.45, 2.75) is 31.7 Å². The Balaban J connectivity index is 1.48. The van der Waals surface area contributed by atoms with Crippen LogP contribution in [0.1, 0.15) is 25.7 Å². The van der Waals surface area contributed by atoms with E-state index in [1.807, 2.05) is 0 Å². The SMILES string of the molecule is O=C(Nc1cccc(F)c1)N1CC(N2CCCCCC2)C1. The van der Waals surface area contributed by atoms with E-state index in [0.717, 1.165) is 26.2 Å². The highest BCUT2D eigenvalue weighted by molar-refractivity contribution is 5.89. The van der Waals surface area contributed by atoms with E-state index in [0.29, 0.717) is 11.7 Å². The van der Waals surface area contributed by atoms with Gasteiger partial charge in [0.25, 0.3) is 0 Å². The van der Waals surface area contributed by atoms with Gasteiger partial charge in [-0.1, -0.05) is 18.9 Å². The van der Waals surface area contributed by atoms with Gasteiger partial charge < -0.3 is 10.2 Å². The quantitative estimate of drug-likeness (QED) is 0.909. The molecule has 1 aromatic carbocycles. The number of benzene rings is 1. The monoisotopic (exact) mass is 291 g/mol. The molecular weight excluding hydrogens is 269 g/mol. The van der Waals surface area contributed by atoms with Gasteiger partial charge >= 0.3 is 6.03 Å². The van der Waals surface area contributed by atoms with Crippen molar-refractivity contribution in [1.29, 1.82) is 0 Å². The predicted octanol–water partition coefficient (Wildman–Crippen LogP) is 2.92. The van der Waals surface area contributed by atoms with E-state index in [1.54, 1.807) is 17.0 Å². The number of hydrogen-bond donors (Lipinski definition) is 1. The number of urea groups is 1. The maximum absolute atomic E-state index is 13.1. The summed E-state index contributed by atoms with van der Waals surface area (Å²) in [7, 11) is 0. The van der Waals surface area contributed by atoms with Crippen LogP contribution in [0.25, 0.3) is 0 Å². The topological polar surface area (TPSA) is 35.6 Å². The zero-order valence-corrected chi connectivity index (χ0v) is 12.2. The zero-order chi connectivity index (χ0) is 14.7. The van der Waals surface area contributed by atoms with Crippen molar-refractivity contribution < 1.29 is 9.18 Å². The van der Waals surface area contributed by atoms with Crippen molar-refractivity contribution in [1.82, 2.24) is 9.80 Å². The lowest BCUT2D eigenvalue weighted by Gasteiger charge is -2.45. The molecule has 0 atom stereocenters. The van der Waals surface area contributed by atoms with E-state index in [9.17, 15) is 9.18 Å². The van der Waals surface area contributed by atoms with Gasteiger partial charge in [0.05, 0.1) is 0 Å². The van der Waals surface area contributed by atoms with Crippen LogP contribution in [0.2, 0.25) is 0 Å². The van der Waals surface area contributed by atoms with Crippen LogP contribution in [-0.2, 0) is 0 Å². The molecule has 1 aromatic rings. The van der Waals surface area contributed by atoms with E-state index < -0.39 is 0 Å². The Labute approximate surface area is 124 Å². The average molecular weight is 291 g/mol. The molecule has 2 fully saturated rings. The molecule has 2 aliphatic rings. The van der Waals surface area contributed by atoms with Crippen molar-refractivity contribution in [3.05, 3.63) is 30.1 Å². The summed E-state index contributed by atoms with van der Waals surface area (Å²) in [5.41, 5.74) is 0.512. The number of nitrogens with one attached hydrogen (secondary N) is 1. The minimum Gasteiger partial charge on any atom is -0.321 e. The molecule has 0 saturated carbocycles. The van der Waals surface area contributed by atoms with Crippen molar-refractivity contribution in [3.8, 4) is 0 Å². The van der Waals surface area contributed by atoms with Gasteiger partial charge in [-0.25, -0.2) is 9.18 Å². The third-order valence-electron chi connectivity index (χ3n) is 4.38. The second-order valence-corrected chi connectivity index (χ2v) is 5.95. The van der Waals surface area contributed by atoms with Gasteiger partial charge in [-0.05, 0) is 44.1 Å². The smallest absolute Gasteiger partial charge is 0.321 e. The highest BCUT2D eigenvalue weighted by atomic mass is 19.1. The summed E-state index contributed by atoms with van der Waals surface area (Å²) >= 11 is 0. The van der Waals surface area contributed by atoms with Crippen LogP contribution in [0, 0.1) is 5.82 Å². The molecule has 5 heteroatoms. The van der Waals surface area contributed by atoms with Gasteiger partial charge in [0, 0.05) is 24.8 Å². The Morgan fingerprint density at radius 1 is 1.14 bits per heavy atom. The first kappa shape index (κ1) is 14.3. The number of carbonyl (C=O) groups excluding carboxylic acids is 1. The van der Waals surface area contributed by atoms with E-state index in [2.05, 4.69) is 10.2 Å². The van der Waals surface area contributed by atoms with Crippen molar-refractivity contribution in [2.75, 3.05) is 31.5 Å². The van der Waals surface area contributed by atoms with Gasteiger partial charge in [-0.15, -0.1) is 0 Å². The van der Waals surface area contributed by atoms with Crippen LogP contribution in [0.4, 0.5) is 14.9 Å². The van der Waals surface area contributed by atoms with E-state index in [-0.39, 0.29) is 11.8 Å². The third-order valence-corrected chi connectivity index (χ3v) is 4.38. The van der Waals surface area contributed by atoms with Gasteiger partial charge in [0.1, 0.15) is 5.82 Å². The minimum absolute atomic E-state index is 0.133. The number of carbonyl (C=O) groups is 1. The summed E-state index contributed by atoms with van der Waals surface area (Å²) < 4.78 is 13.1. The van der Waals surface area contributed by atoms with Crippen molar-refractivity contribution in [3.63, 3.8) is 0 Å². The van der Waals surface area contributed by atoms with Crippen LogP contribution < -0.4 is 5.32 Å². The number of nitrogens with zero attached hydrogens (tertiary/aromatic N) is 2. The highest BCUT2D eigenvalue weighted by Gasteiger charge is 2.34. The fourth-order valence-corrected chi connectivity index (χ4v) is 3.08. The lowest BCUT2D eigenvalue weighted by Crippen LogP contribution is -2.62. The van der Waals surface area contributed by atoms with Crippen LogP contribution in [0.5, 0.6) is 0 Å². The Kier molecular flexibility index (Phi) is 4.39. The molecule has 0 aromatic heterocycles. The molecule has 21 heavy (non-hydrogen) atoms. The highest BCUT2D eigenvalue weighted by Crippen LogP contribution is 2.20. The number of amides is 2. The number of rotatable bonds is 2. The van der Waals surface area contributed by atoms with Crippen LogP contribution >= 0.6 is 0 Å². The Hall–Kier alpha value is -1.62.